The number of aliphatic hydroxyl groups is 1. The van der Waals surface area contributed by atoms with Crippen molar-refractivity contribution in [3.8, 4) is 0 Å². The number of fused-ring (bicyclic) bond motifs is 1. The molecule has 1 N–H and O–H groups in total. The van der Waals surface area contributed by atoms with Crippen LogP contribution in [0.2, 0.25) is 5.15 Å². The summed E-state index contributed by atoms with van der Waals surface area (Å²) < 4.78 is 5.54. The molecule has 1 aliphatic heterocycles. The van der Waals surface area contributed by atoms with Crippen molar-refractivity contribution in [3.63, 3.8) is 0 Å². The lowest BCUT2D eigenvalue weighted by molar-refractivity contribution is -0.159. The van der Waals surface area contributed by atoms with Gasteiger partial charge in [-0.2, -0.15) is 0 Å². The molecule has 1 saturated carbocycles. The molecule has 8 heteroatoms. The van der Waals surface area contributed by atoms with E-state index in [-0.39, 0.29) is 23.9 Å². The summed E-state index contributed by atoms with van der Waals surface area (Å²) in [4.78, 5) is 24.9. The Kier molecular flexibility index (Phi) is 7.32. The predicted molar refractivity (Wildman–Crippen MR) is 129 cm³/mol. The summed E-state index contributed by atoms with van der Waals surface area (Å²) in [6.07, 6.45) is 7.86. The smallest absolute Gasteiger partial charge is 0.303 e. The topological polar surface area (TPSA) is 78.8 Å². The monoisotopic (exact) mass is 476 g/mol. The fraction of sp³-hybridized carbons (Fsp3) is 0.720. The van der Waals surface area contributed by atoms with Crippen LogP contribution in [0.25, 0.3) is 0 Å². The van der Waals surface area contributed by atoms with Crippen molar-refractivity contribution in [1.29, 1.82) is 0 Å². The zero-order valence-electron chi connectivity index (χ0n) is 20.2. The highest BCUT2D eigenvalue weighted by Crippen LogP contribution is 2.51. The molecule has 4 rings (SSSR count). The Hall–Kier alpha value is -1.70. The van der Waals surface area contributed by atoms with Gasteiger partial charge in [-0.1, -0.05) is 31.5 Å². The van der Waals surface area contributed by atoms with Gasteiger partial charge in [0.2, 0.25) is 0 Å². The minimum absolute atomic E-state index is 0.103. The second kappa shape index (κ2) is 9.88. The third-order valence-corrected chi connectivity index (χ3v) is 8.34. The maximum Gasteiger partial charge on any atom is 0.303 e. The van der Waals surface area contributed by atoms with Gasteiger partial charge in [-0.3, -0.25) is 14.7 Å². The van der Waals surface area contributed by atoms with Crippen molar-refractivity contribution in [2.75, 3.05) is 37.6 Å². The van der Waals surface area contributed by atoms with Crippen molar-refractivity contribution in [3.05, 3.63) is 29.2 Å². The van der Waals surface area contributed by atoms with Gasteiger partial charge < -0.3 is 14.7 Å². The number of rotatable bonds is 5. The number of esters is 1. The normalized spacial score (nSPS) is 33.8. The molecule has 0 radical (unpaired) electrons. The minimum atomic E-state index is -0.819. The summed E-state index contributed by atoms with van der Waals surface area (Å²) in [6, 6.07) is 0. The number of ether oxygens (including phenoxy) is 1. The van der Waals surface area contributed by atoms with Crippen LogP contribution in [-0.4, -0.2) is 70.4 Å². The standard InChI is InChI=1S/C25H37ClN4O3/c1-16-11-21-20(6-5-18(3)25(21,32)12-22(16)33-19(4)31)17(2)15-29-7-9-30(10-8-29)24-14-27-13-23(26)28-24/h11,13-14,17-18,20-22,32H,5-10,12,15H2,1-4H3/t17-,18-,20+,21-,22-,25-/m1/s1. The molecule has 7 nitrogen and oxygen atoms in total. The Balaban J connectivity index is 1.40. The van der Waals surface area contributed by atoms with Crippen LogP contribution in [0.4, 0.5) is 5.82 Å². The maximum atomic E-state index is 11.8. The third kappa shape index (κ3) is 5.20. The van der Waals surface area contributed by atoms with Gasteiger partial charge in [0.05, 0.1) is 18.0 Å². The molecule has 1 saturated heterocycles. The molecule has 1 aromatic rings. The van der Waals surface area contributed by atoms with Crippen LogP contribution in [0.1, 0.15) is 47.0 Å². The minimum Gasteiger partial charge on any atom is -0.458 e. The van der Waals surface area contributed by atoms with E-state index in [9.17, 15) is 9.90 Å². The number of carbonyl (C=O) groups excluding carboxylic acids is 1. The van der Waals surface area contributed by atoms with E-state index in [0.717, 1.165) is 57.0 Å². The van der Waals surface area contributed by atoms with Crippen molar-refractivity contribution >= 4 is 23.4 Å². The van der Waals surface area contributed by atoms with Gasteiger partial charge in [-0.25, -0.2) is 4.98 Å². The van der Waals surface area contributed by atoms with Crippen LogP contribution in [0.5, 0.6) is 0 Å². The first kappa shape index (κ1) is 24.4. The van der Waals surface area contributed by atoms with Crippen LogP contribution >= 0.6 is 11.6 Å². The summed E-state index contributed by atoms with van der Waals surface area (Å²) in [5.74, 6) is 1.72. The van der Waals surface area contributed by atoms with Gasteiger partial charge in [0.25, 0.3) is 0 Å². The van der Waals surface area contributed by atoms with Gasteiger partial charge in [-0.05, 0) is 43.1 Å². The van der Waals surface area contributed by atoms with E-state index in [2.05, 4.69) is 39.7 Å². The fourth-order valence-corrected chi connectivity index (χ4v) is 6.33. The van der Waals surface area contributed by atoms with E-state index < -0.39 is 5.60 Å². The van der Waals surface area contributed by atoms with Crippen LogP contribution in [0.15, 0.2) is 24.0 Å². The average Bonchev–Trinajstić information content (AvgIpc) is 2.76. The molecule has 0 amide bonds. The van der Waals surface area contributed by atoms with Crippen LogP contribution in [-0.2, 0) is 9.53 Å². The third-order valence-electron chi connectivity index (χ3n) is 8.16. The molecule has 1 aromatic heterocycles. The largest absolute Gasteiger partial charge is 0.458 e. The van der Waals surface area contributed by atoms with E-state index in [4.69, 9.17) is 16.3 Å². The van der Waals surface area contributed by atoms with Crippen molar-refractivity contribution in [2.24, 2.45) is 23.7 Å². The van der Waals surface area contributed by atoms with Gasteiger partial charge in [-0.15, -0.1) is 0 Å². The van der Waals surface area contributed by atoms with Crippen LogP contribution in [0.3, 0.4) is 0 Å². The molecule has 0 spiro atoms. The first-order valence-corrected chi connectivity index (χ1v) is 12.6. The number of hydrogen-bond donors (Lipinski definition) is 1. The molecule has 0 aromatic carbocycles. The average molecular weight is 477 g/mol. The molecule has 0 bridgehead atoms. The lowest BCUT2D eigenvalue weighted by Crippen LogP contribution is -2.56. The first-order chi connectivity index (χ1) is 15.7. The highest BCUT2D eigenvalue weighted by Gasteiger charge is 2.52. The quantitative estimate of drug-likeness (QED) is 0.514. The SMILES string of the molecule is CC(=O)O[C@@H]1C[C@@]2(O)[C@H](C)CC[C@@H]([C@H](C)CN3CCN(c4cncc(Cl)n4)CC3)[C@H]2C=C1C. The summed E-state index contributed by atoms with van der Waals surface area (Å²) in [5.41, 5.74) is 0.253. The van der Waals surface area contributed by atoms with Gasteiger partial charge in [0.15, 0.2) is 0 Å². The zero-order valence-corrected chi connectivity index (χ0v) is 21.0. The van der Waals surface area contributed by atoms with E-state index in [1.54, 1.807) is 12.4 Å². The number of halogens is 1. The lowest BCUT2D eigenvalue weighted by atomic mass is 9.57. The molecule has 0 unspecified atom stereocenters. The van der Waals surface area contributed by atoms with E-state index in [1.807, 2.05) is 6.92 Å². The van der Waals surface area contributed by atoms with E-state index in [1.165, 1.54) is 6.92 Å². The number of carbonyl (C=O) groups is 1. The highest BCUT2D eigenvalue weighted by molar-refractivity contribution is 6.29. The maximum absolute atomic E-state index is 11.8. The van der Waals surface area contributed by atoms with Crippen molar-refractivity contribution < 1.29 is 14.6 Å². The van der Waals surface area contributed by atoms with Gasteiger partial charge in [0, 0.05) is 52.0 Å². The second-order valence-corrected chi connectivity index (χ2v) is 10.7. The number of aromatic nitrogens is 2. The second-order valence-electron chi connectivity index (χ2n) is 10.3. The summed E-state index contributed by atoms with van der Waals surface area (Å²) in [7, 11) is 0. The first-order valence-electron chi connectivity index (χ1n) is 12.2. The fourth-order valence-electron chi connectivity index (χ4n) is 6.19. The molecular formula is C25H37ClN4O3. The highest BCUT2D eigenvalue weighted by atomic mass is 35.5. The van der Waals surface area contributed by atoms with E-state index >= 15 is 0 Å². The lowest BCUT2D eigenvalue weighted by Gasteiger charge is -2.53. The molecular weight excluding hydrogens is 440 g/mol. The predicted octanol–water partition coefficient (Wildman–Crippen LogP) is 3.56. The molecule has 2 heterocycles. The molecule has 2 aliphatic carbocycles. The van der Waals surface area contributed by atoms with Crippen molar-refractivity contribution in [2.45, 2.75) is 58.7 Å². The van der Waals surface area contributed by atoms with Gasteiger partial charge in [0.1, 0.15) is 17.1 Å². The summed E-state index contributed by atoms with van der Waals surface area (Å²) in [6.45, 7) is 12.7. The Labute approximate surface area is 202 Å². The number of hydrogen-bond acceptors (Lipinski definition) is 7. The molecule has 6 atom stereocenters. The molecule has 2 fully saturated rings. The molecule has 33 heavy (non-hydrogen) atoms. The van der Waals surface area contributed by atoms with Crippen molar-refractivity contribution in [1.82, 2.24) is 14.9 Å². The number of piperazine rings is 1. The zero-order chi connectivity index (χ0) is 23.8. The van der Waals surface area contributed by atoms with Gasteiger partial charge >= 0.3 is 5.97 Å². The van der Waals surface area contributed by atoms with Crippen LogP contribution < -0.4 is 4.90 Å². The summed E-state index contributed by atoms with van der Waals surface area (Å²) >= 11 is 6.01. The Bertz CT molecular complexity index is 888. The Morgan fingerprint density at radius 3 is 2.70 bits per heavy atom. The Morgan fingerprint density at radius 2 is 2.03 bits per heavy atom. The Morgan fingerprint density at radius 1 is 1.30 bits per heavy atom. The number of nitrogens with zero attached hydrogens (tertiary/aromatic N) is 4. The number of anilines is 1. The molecule has 3 aliphatic rings. The van der Waals surface area contributed by atoms with E-state index in [0.29, 0.717) is 23.4 Å². The van der Waals surface area contributed by atoms with Crippen LogP contribution in [0, 0.1) is 23.7 Å². The molecule has 182 valence electrons. The summed E-state index contributed by atoms with van der Waals surface area (Å²) in [5, 5.41) is 12.2.